The molecule has 0 unspecified atom stereocenters. The zero-order chi connectivity index (χ0) is 12.8. The zero-order valence-electron chi connectivity index (χ0n) is 10.1. The Labute approximate surface area is 106 Å². The van der Waals surface area contributed by atoms with Gasteiger partial charge in [0.05, 0.1) is 0 Å². The molecule has 0 aliphatic carbocycles. The SMILES string of the molecule is Cc1ccccc1OCC(=O)Nc1ccccn1. The number of hydrogen-bond acceptors (Lipinski definition) is 3. The first-order chi connectivity index (χ1) is 8.75. The van der Waals surface area contributed by atoms with Gasteiger partial charge in [-0.3, -0.25) is 4.79 Å². The van der Waals surface area contributed by atoms with E-state index < -0.39 is 0 Å². The highest BCUT2D eigenvalue weighted by molar-refractivity contribution is 5.90. The Bertz CT molecular complexity index is 526. The Kier molecular flexibility index (Phi) is 3.91. The van der Waals surface area contributed by atoms with Crippen LogP contribution in [0.5, 0.6) is 5.75 Å². The average Bonchev–Trinajstić information content (AvgIpc) is 2.39. The van der Waals surface area contributed by atoms with E-state index in [4.69, 9.17) is 4.74 Å². The number of nitrogens with one attached hydrogen (secondary N) is 1. The van der Waals surface area contributed by atoms with Crippen molar-refractivity contribution in [3.8, 4) is 5.75 Å². The number of amides is 1. The first kappa shape index (κ1) is 12.1. The fourth-order valence-electron chi connectivity index (χ4n) is 1.48. The molecule has 0 bridgehead atoms. The molecule has 0 saturated heterocycles. The van der Waals surface area contributed by atoms with Crippen molar-refractivity contribution >= 4 is 11.7 Å². The average molecular weight is 242 g/mol. The molecule has 1 N–H and O–H groups in total. The molecule has 2 aromatic rings. The molecule has 0 radical (unpaired) electrons. The van der Waals surface area contributed by atoms with E-state index in [-0.39, 0.29) is 12.5 Å². The summed E-state index contributed by atoms with van der Waals surface area (Å²) in [6.45, 7) is 1.91. The minimum atomic E-state index is -0.225. The van der Waals surface area contributed by atoms with E-state index >= 15 is 0 Å². The standard InChI is InChI=1S/C14H14N2O2/c1-11-6-2-3-7-12(11)18-10-14(17)16-13-8-4-5-9-15-13/h2-9H,10H2,1H3,(H,15,16,17). The highest BCUT2D eigenvalue weighted by Crippen LogP contribution is 2.15. The lowest BCUT2D eigenvalue weighted by atomic mass is 10.2. The molecule has 18 heavy (non-hydrogen) atoms. The number of anilines is 1. The Morgan fingerprint density at radius 1 is 1.22 bits per heavy atom. The van der Waals surface area contributed by atoms with E-state index in [1.807, 2.05) is 37.3 Å². The van der Waals surface area contributed by atoms with Crippen LogP contribution in [0.25, 0.3) is 0 Å². The number of pyridine rings is 1. The second-order valence-corrected chi connectivity index (χ2v) is 3.82. The zero-order valence-corrected chi connectivity index (χ0v) is 10.1. The van der Waals surface area contributed by atoms with Crippen LogP contribution >= 0.6 is 0 Å². The summed E-state index contributed by atoms with van der Waals surface area (Å²) in [5, 5.41) is 2.66. The van der Waals surface area contributed by atoms with Gasteiger partial charge in [-0.05, 0) is 30.7 Å². The van der Waals surface area contributed by atoms with Crippen molar-refractivity contribution in [2.24, 2.45) is 0 Å². The third kappa shape index (κ3) is 3.31. The number of nitrogens with zero attached hydrogens (tertiary/aromatic N) is 1. The number of rotatable bonds is 4. The fourth-order valence-corrected chi connectivity index (χ4v) is 1.48. The van der Waals surface area contributed by atoms with Crippen molar-refractivity contribution < 1.29 is 9.53 Å². The van der Waals surface area contributed by atoms with Gasteiger partial charge in [-0.25, -0.2) is 4.98 Å². The molecular formula is C14H14N2O2. The number of aromatic nitrogens is 1. The molecule has 1 aromatic heterocycles. The van der Waals surface area contributed by atoms with Crippen LogP contribution < -0.4 is 10.1 Å². The largest absolute Gasteiger partial charge is 0.483 e. The molecule has 0 aliphatic rings. The second-order valence-electron chi connectivity index (χ2n) is 3.82. The monoisotopic (exact) mass is 242 g/mol. The minimum absolute atomic E-state index is 0.0264. The number of carbonyl (C=O) groups excluding carboxylic acids is 1. The van der Waals surface area contributed by atoms with E-state index in [0.717, 1.165) is 5.56 Å². The third-order valence-corrected chi connectivity index (χ3v) is 2.38. The van der Waals surface area contributed by atoms with Gasteiger partial charge in [0.15, 0.2) is 6.61 Å². The molecule has 1 heterocycles. The molecule has 1 aromatic carbocycles. The Balaban J connectivity index is 1.88. The number of hydrogen-bond donors (Lipinski definition) is 1. The van der Waals surface area contributed by atoms with Gasteiger partial charge < -0.3 is 10.1 Å². The number of para-hydroxylation sites is 1. The van der Waals surface area contributed by atoms with E-state index in [2.05, 4.69) is 10.3 Å². The van der Waals surface area contributed by atoms with Gasteiger partial charge >= 0.3 is 0 Å². The lowest BCUT2D eigenvalue weighted by Crippen LogP contribution is -2.20. The van der Waals surface area contributed by atoms with Crippen LogP contribution in [0.3, 0.4) is 0 Å². The first-order valence-electron chi connectivity index (χ1n) is 5.65. The molecular weight excluding hydrogens is 228 g/mol. The van der Waals surface area contributed by atoms with Crippen molar-refractivity contribution in [3.63, 3.8) is 0 Å². The number of aryl methyl sites for hydroxylation is 1. The number of ether oxygens (including phenoxy) is 1. The summed E-state index contributed by atoms with van der Waals surface area (Å²) in [7, 11) is 0. The maximum atomic E-state index is 11.6. The van der Waals surface area contributed by atoms with E-state index in [1.165, 1.54) is 0 Å². The summed E-state index contributed by atoms with van der Waals surface area (Å²) >= 11 is 0. The van der Waals surface area contributed by atoms with Crippen molar-refractivity contribution in [1.82, 2.24) is 4.98 Å². The third-order valence-electron chi connectivity index (χ3n) is 2.38. The molecule has 0 aliphatic heterocycles. The summed E-state index contributed by atoms with van der Waals surface area (Å²) < 4.78 is 5.43. The van der Waals surface area contributed by atoms with E-state index in [9.17, 15) is 4.79 Å². The smallest absolute Gasteiger partial charge is 0.263 e. The molecule has 0 saturated carbocycles. The van der Waals surface area contributed by atoms with Gasteiger partial charge in [-0.15, -0.1) is 0 Å². The minimum Gasteiger partial charge on any atom is -0.483 e. The fraction of sp³-hybridized carbons (Fsp3) is 0.143. The summed E-state index contributed by atoms with van der Waals surface area (Å²) in [5.41, 5.74) is 1.00. The van der Waals surface area contributed by atoms with Crippen LogP contribution in [0.1, 0.15) is 5.56 Å². The van der Waals surface area contributed by atoms with Crippen LogP contribution in [-0.2, 0) is 4.79 Å². The number of carbonyl (C=O) groups is 1. The molecule has 1 amide bonds. The van der Waals surface area contributed by atoms with Crippen molar-refractivity contribution in [2.75, 3.05) is 11.9 Å². The molecule has 0 atom stereocenters. The summed E-state index contributed by atoms with van der Waals surface area (Å²) in [6, 6.07) is 12.9. The highest BCUT2D eigenvalue weighted by Gasteiger charge is 2.05. The van der Waals surface area contributed by atoms with Crippen LogP contribution in [0.15, 0.2) is 48.7 Å². The number of benzene rings is 1. The van der Waals surface area contributed by atoms with Crippen LogP contribution in [0, 0.1) is 6.92 Å². The highest BCUT2D eigenvalue weighted by atomic mass is 16.5. The van der Waals surface area contributed by atoms with Gasteiger partial charge in [0.1, 0.15) is 11.6 Å². The molecule has 0 fully saturated rings. The Morgan fingerprint density at radius 3 is 2.72 bits per heavy atom. The normalized spacial score (nSPS) is 9.83. The first-order valence-corrected chi connectivity index (χ1v) is 5.65. The molecule has 4 nitrogen and oxygen atoms in total. The lowest BCUT2D eigenvalue weighted by Gasteiger charge is -2.08. The molecule has 4 heteroatoms. The molecule has 2 rings (SSSR count). The quantitative estimate of drug-likeness (QED) is 0.895. The van der Waals surface area contributed by atoms with Gasteiger partial charge in [0.2, 0.25) is 0 Å². The van der Waals surface area contributed by atoms with Gasteiger partial charge in [0, 0.05) is 6.20 Å². The summed E-state index contributed by atoms with van der Waals surface area (Å²) in [5.74, 6) is 1.02. The predicted molar refractivity (Wildman–Crippen MR) is 69.5 cm³/mol. The predicted octanol–water partition coefficient (Wildman–Crippen LogP) is 2.41. The second kappa shape index (κ2) is 5.82. The summed E-state index contributed by atoms with van der Waals surface area (Å²) in [6.07, 6.45) is 1.62. The maximum absolute atomic E-state index is 11.6. The molecule has 92 valence electrons. The van der Waals surface area contributed by atoms with Crippen molar-refractivity contribution in [1.29, 1.82) is 0 Å². The van der Waals surface area contributed by atoms with Crippen LogP contribution in [-0.4, -0.2) is 17.5 Å². The van der Waals surface area contributed by atoms with Gasteiger partial charge in [-0.2, -0.15) is 0 Å². The van der Waals surface area contributed by atoms with Crippen molar-refractivity contribution in [3.05, 3.63) is 54.2 Å². The van der Waals surface area contributed by atoms with E-state index in [1.54, 1.807) is 18.3 Å². The molecule has 0 spiro atoms. The topological polar surface area (TPSA) is 51.2 Å². The Hall–Kier alpha value is -2.36. The van der Waals surface area contributed by atoms with Crippen molar-refractivity contribution in [2.45, 2.75) is 6.92 Å². The van der Waals surface area contributed by atoms with Gasteiger partial charge in [0.25, 0.3) is 5.91 Å². The van der Waals surface area contributed by atoms with Crippen LogP contribution in [0.4, 0.5) is 5.82 Å². The van der Waals surface area contributed by atoms with E-state index in [0.29, 0.717) is 11.6 Å². The van der Waals surface area contributed by atoms with Crippen LogP contribution in [0.2, 0.25) is 0 Å². The van der Waals surface area contributed by atoms with Gasteiger partial charge in [-0.1, -0.05) is 24.3 Å². The summed E-state index contributed by atoms with van der Waals surface area (Å²) in [4.78, 5) is 15.6. The maximum Gasteiger partial charge on any atom is 0.263 e. The Morgan fingerprint density at radius 2 is 2.00 bits per heavy atom. The lowest BCUT2D eigenvalue weighted by molar-refractivity contribution is -0.118.